The molecule has 4 heteroatoms. The highest BCUT2D eigenvalue weighted by molar-refractivity contribution is 5.45. The van der Waals surface area contributed by atoms with E-state index in [0.717, 1.165) is 0 Å². The van der Waals surface area contributed by atoms with Crippen LogP contribution in [-0.2, 0) is 0 Å². The first-order valence-corrected chi connectivity index (χ1v) is 5.41. The Bertz CT molecular complexity index is 357. The Morgan fingerprint density at radius 3 is 2.67 bits per heavy atom. The summed E-state index contributed by atoms with van der Waals surface area (Å²) in [6.45, 7) is 3.74. The highest BCUT2D eigenvalue weighted by Crippen LogP contribution is 2.64. The fourth-order valence-electron chi connectivity index (χ4n) is 3.13. The summed E-state index contributed by atoms with van der Waals surface area (Å²) >= 11 is 0. The molecule has 0 radical (unpaired) electrons. The van der Waals surface area contributed by atoms with Crippen molar-refractivity contribution in [3.8, 4) is 0 Å². The van der Waals surface area contributed by atoms with Crippen LogP contribution < -0.4 is 5.32 Å². The molecule has 4 atom stereocenters. The molecule has 0 aromatic rings. The molecule has 0 amide bonds. The highest BCUT2D eigenvalue weighted by atomic mass is 19.4. The Kier molecular flexibility index (Phi) is 1.56. The van der Waals surface area contributed by atoms with Crippen molar-refractivity contribution in [3.63, 3.8) is 0 Å². The Balaban J connectivity index is 2.07. The minimum Gasteiger partial charge on any atom is -0.310 e. The maximum absolute atomic E-state index is 13.0. The molecular weight excluding hydrogens is 203 g/mol. The predicted octanol–water partition coefficient (Wildman–Crippen LogP) is 2.64. The molecule has 1 unspecified atom stereocenters. The second-order valence-corrected chi connectivity index (χ2v) is 5.34. The van der Waals surface area contributed by atoms with Gasteiger partial charge in [0.25, 0.3) is 0 Å². The zero-order valence-corrected chi connectivity index (χ0v) is 8.78. The summed E-state index contributed by atoms with van der Waals surface area (Å²) in [6.07, 6.45) is -2.84. The Morgan fingerprint density at radius 2 is 2.07 bits per heavy atom. The molecule has 2 aliphatic carbocycles. The lowest BCUT2D eigenvalue weighted by Gasteiger charge is -2.19. The van der Waals surface area contributed by atoms with Crippen molar-refractivity contribution in [2.75, 3.05) is 0 Å². The zero-order chi connectivity index (χ0) is 11.0. The normalized spacial score (nSPS) is 48.2. The van der Waals surface area contributed by atoms with E-state index in [1.165, 1.54) is 0 Å². The molecule has 0 saturated heterocycles. The van der Waals surface area contributed by atoms with Crippen molar-refractivity contribution in [1.82, 2.24) is 5.32 Å². The molecule has 2 fully saturated rings. The smallest absolute Gasteiger partial charge is 0.310 e. The van der Waals surface area contributed by atoms with Gasteiger partial charge in [-0.25, -0.2) is 0 Å². The number of alkyl halides is 3. The number of nitrogens with one attached hydrogen (secondary N) is 1. The van der Waals surface area contributed by atoms with E-state index in [4.69, 9.17) is 0 Å². The van der Waals surface area contributed by atoms with E-state index in [2.05, 4.69) is 5.32 Å². The van der Waals surface area contributed by atoms with E-state index < -0.39 is 11.6 Å². The molecular formula is C11H14F3N. The minimum atomic E-state index is -4.13. The van der Waals surface area contributed by atoms with Crippen molar-refractivity contribution in [2.24, 2.45) is 11.3 Å². The van der Waals surface area contributed by atoms with E-state index in [1.54, 1.807) is 6.92 Å². The second kappa shape index (κ2) is 2.42. The van der Waals surface area contributed by atoms with Gasteiger partial charge in [0.1, 0.15) is 0 Å². The standard InChI is InChI=1S/C11H14F3N/c1-5-6-3-7(6)9(11(12,13)14)10(2)4-8(10)15-5/h5-6,8,15H,3-4H2,1-2H3/t5-,6+,8+,10?/m1/s1. The van der Waals surface area contributed by atoms with Crippen LogP contribution in [0.2, 0.25) is 0 Å². The molecule has 1 aliphatic heterocycles. The first-order chi connectivity index (χ1) is 6.84. The van der Waals surface area contributed by atoms with Gasteiger partial charge < -0.3 is 5.32 Å². The van der Waals surface area contributed by atoms with Gasteiger partial charge in [-0.1, -0.05) is 12.5 Å². The zero-order valence-electron chi connectivity index (χ0n) is 8.78. The third-order valence-corrected chi connectivity index (χ3v) is 4.21. The van der Waals surface area contributed by atoms with E-state index in [1.807, 2.05) is 6.92 Å². The number of rotatable bonds is 0. The van der Waals surface area contributed by atoms with Gasteiger partial charge in [-0.2, -0.15) is 13.2 Å². The van der Waals surface area contributed by atoms with Gasteiger partial charge in [0, 0.05) is 23.1 Å². The van der Waals surface area contributed by atoms with Gasteiger partial charge in [0.15, 0.2) is 0 Å². The van der Waals surface area contributed by atoms with Gasteiger partial charge in [-0.3, -0.25) is 0 Å². The maximum Gasteiger partial charge on any atom is 0.413 e. The molecule has 0 aromatic heterocycles. The number of hydrogen-bond donors (Lipinski definition) is 1. The second-order valence-electron chi connectivity index (χ2n) is 5.34. The van der Waals surface area contributed by atoms with Crippen LogP contribution in [-0.4, -0.2) is 18.3 Å². The van der Waals surface area contributed by atoms with Gasteiger partial charge in [0.2, 0.25) is 0 Å². The highest BCUT2D eigenvalue weighted by Gasteiger charge is 2.65. The molecule has 1 heterocycles. The van der Waals surface area contributed by atoms with Gasteiger partial charge >= 0.3 is 6.18 Å². The molecule has 15 heavy (non-hydrogen) atoms. The number of fused-ring (bicyclic) bond motifs is 2. The van der Waals surface area contributed by atoms with Crippen LogP contribution in [0, 0.1) is 11.3 Å². The van der Waals surface area contributed by atoms with Gasteiger partial charge in [-0.05, 0) is 25.7 Å². The average Bonchev–Trinajstić information content (AvgIpc) is 2.87. The quantitative estimate of drug-likeness (QED) is 0.615. The largest absolute Gasteiger partial charge is 0.413 e. The summed E-state index contributed by atoms with van der Waals surface area (Å²) in [4.78, 5) is 0. The Morgan fingerprint density at radius 1 is 1.40 bits per heavy atom. The third kappa shape index (κ3) is 1.20. The fraction of sp³-hybridized carbons (Fsp3) is 0.818. The summed E-state index contributed by atoms with van der Waals surface area (Å²) in [6, 6.07) is 0.260. The fourth-order valence-corrected chi connectivity index (χ4v) is 3.13. The van der Waals surface area contributed by atoms with Gasteiger partial charge in [0.05, 0.1) is 0 Å². The van der Waals surface area contributed by atoms with E-state index >= 15 is 0 Å². The molecule has 3 rings (SSSR count). The van der Waals surface area contributed by atoms with Crippen molar-refractivity contribution in [2.45, 2.75) is 44.9 Å². The molecule has 1 nitrogen and oxygen atoms in total. The van der Waals surface area contributed by atoms with Crippen molar-refractivity contribution in [1.29, 1.82) is 0 Å². The lowest BCUT2D eigenvalue weighted by molar-refractivity contribution is -0.101. The monoisotopic (exact) mass is 217 g/mol. The van der Waals surface area contributed by atoms with Crippen LogP contribution in [0.15, 0.2) is 11.1 Å². The van der Waals surface area contributed by atoms with Crippen molar-refractivity contribution >= 4 is 0 Å². The summed E-state index contributed by atoms with van der Waals surface area (Å²) in [5.74, 6) is 0.145. The number of hydrogen-bond acceptors (Lipinski definition) is 1. The van der Waals surface area contributed by atoms with Crippen molar-refractivity contribution < 1.29 is 13.2 Å². The molecule has 84 valence electrons. The summed E-state index contributed by atoms with van der Waals surface area (Å²) < 4.78 is 38.9. The van der Waals surface area contributed by atoms with Crippen molar-refractivity contribution in [3.05, 3.63) is 11.1 Å². The van der Waals surface area contributed by atoms with E-state index in [0.29, 0.717) is 18.4 Å². The molecule has 0 aromatic carbocycles. The summed E-state index contributed by atoms with van der Waals surface area (Å²) in [5, 5.41) is 3.31. The lowest BCUT2D eigenvalue weighted by atomic mass is 9.95. The molecule has 0 spiro atoms. The van der Waals surface area contributed by atoms with Crippen LogP contribution in [0.4, 0.5) is 13.2 Å². The summed E-state index contributed by atoms with van der Waals surface area (Å²) in [7, 11) is 0. The Hall–Kier alpha value is -0.510. The SMILES string of the molecule is C[C@H]1N[C@H]2CC2(C)C(C(F)(F)F)=C2C[C@H]21. The molecule has 1 N–H and O–H groups in total. The first-order valence-electron chi connectivity index (χ1n) is 5.41. The average molecular weight is 217 g/mol. The Labute approximate surface area is 86.7 Å². The predicted molar refractivity (Wildman–Crippen MR) is 50.3 cm³/mol. The van der Waals surface area contributed by atoms with E-state index in [9.17, 15) is 13.2 Å². The molecule has 3 aliphatic rings. The number of halogens is 3. The van der Waals surface area contributed by atoms with Crippen LogP contribution in [0.25, 0.3) is 0 Å². The lowest BCUT2D eigenvalue weighted by Crippen LogP contribution is -2.32. The minimum absolute atomic E-state index is 0.0458. The first kappa shape index (κ1) is 9.70. The van der Waals surface area contributed by atoms with Gasteiger partial charge in [-0.15, -0.1) is 0 Å². The van der Waals surface area contributed by atoms with Crippen LogP contribution in [0.3, 0.4) is 0 Å². The maximum atomic E-state index is 13.0. The van der Waals surface area contributed by atoms with E-state index in [-0.39, 0.29) is 23.6 Å². The summed E-state index contributed by atoms with van der Waals surface area (Å²) in [5.41, 5.74) is -0.167. The molecule has 2 saturated carbocycles. The van der Waals surface area contributed by atoms with Crippen LogP contribution in [0.5, 0.6) is 0 Å². The molecule has 0 bridgehead atoms. The van der Waals surface area contributed by atoms with Crippen LogP contribution >= 0.6 is 0 Å². The van der Waals surface area contributed by atoms with Crippen LogP contribution in [0.1, 0.15) is 26.7 Å². The third-order valence-electron chi connectivity index (χ3n) is 4.21. The topological polar surface area (TPSA) is 12.0 Å².